The first-order valence-corrected chi connectivity index (χ1v) is 9.06. The van der Waals surface area contributed by atoms with Crippen molar-refractivity contribution in [2.45, 2.75) is 13.8 Å². The lowest BCUT2D eigenvalue weighted by atomic mass is 10.1. The quantitative estimate of drug-likeness (QED) is 0.664. The van der Waals surface area contributed by atoms with Gasteiger partial charge in [-0.25, -0.2) is 14.2 Å². The molecule has 0 saturated carbocycles. The van der Waals surface area contributed by atoms with E-state index in [0.717, 1.165) is 22.3 Å². The number of carbonyl (C=O) groups excluding carboxylic acids is 2. The molecule has 0 aliphatic rings. The van der Waals surface area contributed by atoms with E-state index in [-0.39, 0.29) is 5.56 Å². The van der Waals surface area contributed by atoms with E-state index in [9.17, 15) is 14.0 Å². The van der Waals surface area contributed by atoms with Gasteiger partial charge >= 0.3 is 5.97 Å². The average molecular weight is 384 g/mol. The number of amides is 1. The molecule has 3 aromatic rings. The Balaban J connectivity index is 1.61. The lowest BCUT2D eigenvalue weighted by Gasteiger charge is -2.09. The van der Waals surface area contributed by atoms with Crippen LogP contribution in [0.25, 0.3) is 11.3 Å². The fourth-order valence-electron chi connectivity index (χ4n) is 2.47. The van der Waals surface area contributed by atoms with Crippen molar-refractivity contribution < 1.29 is 18.7 Å². The highest BCUT2D eigenvalue weighted by molar-refractivity contribution is 7.09. The van der Waals surface area contributed by atoms with Gasteiger partial charge in [-0.2, -0.15) is 0 Å². The minimum atomic E-state index is -0.742. The SMILES string of the molecule is Cc1nc(-c2cccc(NC(=O)COC(=O)c3cc(F)ccc3C)c2)cs1. The maximum Gasteiger partial charge on any atom is 0.339 e. The molecule has 0 aliphatic carbocycles. The van der Waals surface area contributed by atoms with Crippen LogP contribution in [0.5, 0.6) is 0 Å². The zero-order chi connectivity index (χ0) is 19.4. The van der Waals surface area contributed by atoms with Crippen LogP contribution in [0.15, 0.2) is 47.8 Å². The van der Waals surface area contributed by atoms with Gasteiger partial charge in [0.15, 0.2) is 6.61 Å². The molecule has 3 rings (SSSR count). The number of aryl methyl sites for hydroxylation is 2. The molecular weight excluding hydrogens is 367 g/mol. The van der Waals surface area contributed by atoms with Crippen molar-refractivity contribution in [3.8, 4) is 11.3 Å². The Bertz CT molecular complexity index is 1000. The molecule has 1 N–H and O–H groups in total. The monoisotopic (exact) mass is 384 g/mol. The summed E-state index contributed by atoms with van der Waals surface area (Å²) < 4.78 is 18.3. The molecule has 0 atom stereocenters. The Hall–Kier alpha value is -3.06. The number of carbonyl (C=O) groups is 2. The van der Waals surface area contributed by atoms with Gasteiger partial charge < -0.3 is 10.1 Å². The van der Waals surface area contributed by atoms with Crippen LogP contribution in [0.1, 0.15) is 20.9 Å². The van der Waals surface area contributed by atoms with Crippen LogP contribution in [-0.4, -0.2) is 23.5 Å². The Morgan fingerprint density at radius 1 is 1.19 bits per heavy atom. The van der Waals surface area contributed by atoms with Crippen LogP contribution in [0, 0.1) is 19.7 Å². The zero-order valence-corrected chi connectivity index (χ0v) is 15.6. The number of hydrogen-bond acceptors (Lipinski definition) is 5. The molecule has 5 nitrogen and oxygen atoms in total. The van der Waals surface area contributed by atoms with Crippen molar-refractivity contribution >= 4 is 28.9 Å². The predicted octanol–water partition coefficient (Wildman–Crippen LogP) is 4.36. The first-order chi connectivity index (χ1) is 12.9. The first kappa shape index (κ1) is 18.7. The third-order valence-corrected chi connectivity index (χ3v) is 4.59. The highest BCUT2D eigenvalue weighted by atomic mass is 32.1. The third kappa shape index (κ3) is 4.77. The summed E-state index contributed by atoms with van der Waals surface area (Å²) in [4.78, 5) is 28.5. The number of benzene rings is 2. The molecule has 1 aromatic heterocycles. The second kappa shape index (κ2) is 8.09. The molecule has 0 aliphatic heterocycles. The van der Waals surface area contributed by atoms with Crippen molar-refractivity contribution in [3.05, 3.63) is 69.8 Å². The van der Waals surface area contributed by atoms with Gasteiger partial charge in [0.25, 0.3) is 5.91 Å². The molecule has 2 aromatic carbocycles. The first-order valence-electron chi connectivity index (χ1n) is 8.18. The van der Waals surface area contributed by atoms with E-state index >= 15 is 0 Å². The minimum Gasteiger partial charge on any atom is -0.452 e. The number of ether oxygens (including phenoxy) is 1. The van der Waals surface area contributed by atoms with Gasteiger partial charge in [0.1, 0.15) is 5.82 Å². The second-order valence-electron chi connectivity index (χ2n) is 5.92. The molecule has 1 amide bonds. The average Bonchev–Trinajstić information content (AvgIpc) is 3.08. The molecule has 0 fully saturated rings. The standard InChI is InChI=1S/C20H17FN2O3S/c1-12-6-7-15(21)9-17(12)20(25)26-10-19(24)23-16-5-3-4-14(8-16)18-11-27-13(2)22-18/h3-9,11H,10H2,1-2H3,(H,23,24). The van der Waals surface area contributed by atoms with Crippen molar-refractivity contribution in [1.82, 2.24) is 4.98 Å². The number of halogens is 1. The number of aromatic nitrogens is 1. The van der Waals surface area contributed by atoms with Gasteiger partial charge in [-0.1, -0.05) is 18.2 Å². The van der Waals surface area contributed by atoms with E-state index in [1.807, 2.05) is 24.4 Å². The summed E-state index contributed by atoms with van der Waals surface area (Å²) >= 11 is 1.55. The van der Waals surface area contributed by atoms with Crippen molar-refractivity contribution in [2.75, 3.05) is 11.9 Å². The third-order valence-electron chi connectivity index (χ3n) is 3.81. The highest BCUT2D eigenvalue weighted by Crippen LogP contribution is 2.24. The number of esters is 1. The van der Waals surface area contributed by atoms with E-state index in [2.05, 4.69) is 10.3 Å². The lowest BCUT2D eigenvalue weighted by molar-refractivity contribution is -0.119. The molecule has 1 heterocycles. The summed E-state index contributed by atoms with van der Waals surface area (Å²) in [5.41, 5.74) is 2.96. The molecule has 27 heavy (non-hydrogen) atoms. The van der Waals surface area contributed by atoms with Gasteiger partial charge in [0, 0.05) is 16.6 Å². The molecule has 0 saturated heterocycles. The Kier molecular flexibility index (Phi) is 5.61. The van der Waals surface area contributed by atoms with Gasteiger partial charge in [-0.05, 0) is 43.7 Å². The van der Waals surface area contributed by atoms with Gasteiger partial charge in [-0.3, -0.25) is 4.79 Å². The summed E-state index contributed by atoms with van der Waals surface area (Å²) in [5, 5.41) is 5.58. The van der Waals surface area contributed by atoms with Crippen LogP contribution in [0.2, 0.25) is 0 Å². The summed E-state index contributed by atoms with van der Waals surface area (Å²) in [5.74, 6) is -1.76. The van der Waals surface area contributed by atoms with Gasteiger partial charge in [-0.15, -0.1) is 11.3 Å². The summed E-state index contributed by atoms with van der Waals surface area (Å²) in [6.45, 7) is 3.13. The molecule has 0 bridgehead atoms. The molecular formula is C20H17FN2O3S. The molecule has 138 valence electrons. The van der Waals surface area contributed by atoms with E-state index in [1.54, 1.807) is 30.4 Å². The van der Waals surface area contributed by atoms with E-state index in [4.69, 9.17) is 4.74 Å². The number of anilines is 1. The smallest absolute Gasteiger partial charge is 0.339 e. The summed E-state index contributed by atoms with van der Waals surface area (Å²) in [6, 6.07) is 11.1. The van der Waals surface area contributed by atoms with Crippen LogP contribution in [0.3, 0.4) is 0 Å². The maximum absolute atomic E-state index is 13.3. The Labute approximate surface area is 159 Å². The van der Waals surface area contributed by atoms with Gasteiger partial charge in [0.05, 0.1) is 16.3 Å². The number of nitrogens with one attached hydrogen (secondary N) is 1. The molecule has 0 unspecified atom stereocenters. The van der Waals surface area contributed by atoms with Crippen molar-refractivity contribution in [3.63, 3.8) is 0 Å². The molecule has 0 spiro atoms. The Morgan fingerprint density at radius 2 is 2.00 bits per heavy atom. The topological polar surface area (TPSA) is 68.3 Å². The highest BCUT2D eigenvalue weighted by Gasteiger charge is 2.14. The van der Waals surface area contributed by atoms with E-state index in [1.165, 1.54) is 12.1 Å². The predicted molar refractivity (Wildman–Crippen MR) is 102 cm³/mol. The number of nitrogens with zero attached hydrogens (tertiary/aromatic N) is 1. The van der Waals surface area contributed by atoms with Crippen LogP contribution < -0.4 is 5.32 Å². The zero-order valence-electron chi connectivity index (χ0n) is 14.8. The number of rotatable bonds is 5. The molecule has 7 heteroatoms. The Morgan fingerprint density at radius 3 is 2.74 bits per heavy atom. The number of hydrogen-bond donors (Lipinski definition) is 1. The second-order valence-corrected chi connectivity index (χ2v) is 6.98. The van der Waals surface area contributed by atoms with Gasteiger partial charge in [0.2, 0.25) is 0 Å². The fraction of sp³-hybridized carbons (Fsp3) is 0.150. The van der Waals surface area contributed by atoms with Crippen molar-refractivity contribution in [1.29, 1.82) is 0 Å². The summed E-state index contributed by atoms with van der Waals surface area (Å²) in [6.07, 6.45) is 0. The minimum absolute atomic E-state index is 0.101. The number of thiazole rings is 1. The van der Waals surface area contributed by atoms with Crippen LogP contribution >= 0.6 is 11.3 Å². The van der Waals surface area contributed by atoms with Crippen LogP contribution in [0.4, 0.5) is 10.1 Å². The van der Waals surface area contributed by atoms with Crippen LogP contribution in [-0.2, 0) is 9.53 Å². The maximum atomic E-state index is 13.3. The normalized spacial score (nSPS) is 10.5. The molecule has 0 radical (unpaired) electrons. The van der Waals surface area contributed by atoms with Crippen molar-refractivity contribution in [2.24, 2.45) is 0 Å². The summed E-state index contributed by atoms with van der Waals surface area (Å²) in [7, 11) is 0. The fourth-order valence-corrected chi connectivity index (χ4v) is 3.09. The largest absolute Gasteiger partial charge is 0.452 e. The lowest BCUT2D eigenvalue weighted by Crippen LogP contribution is -2.21. The van der Waals surface area contributed by atoms with E-state index < -0.39 is 24.3 Å². The van der Waals surface area contributed by atoms with E-state index in [0.29, 0.717) is 11.3 Å².